The number of benzene rings is 2. The number of halogens is 1. The predicted molar refractivity (Wildman–Crippen MR) is 89.5 cm³/mol. The van der Waals surface area contributed by atoms with Gasteiger partial charge in [-0.05, 0) is 42.0 Å². The first kappa shape index (κ1) is 15.3. The highest BCUT2D eigenvalue weighted by molar-refractivity contribution is 6.33. The molecular formula is C18H14ClNO3. The minimum Gasteiger partial charge on any atom is -0.451 e. The number of aliphatic hydroxyl groups is 1. The van der Waals surface area contributed by atoms with E-state index in [1.54, 1.807) is 42.5 Å². The van der Waals surface area contributed by atoms with Crippen LogP contribution in [0.25, 0.3) is 11.3 Å². The molecule has 0 fully saturated rings. The fourth-order valence-corrected chi connectivity index (χ4v) is 2.43. The molecule has 2 N–H and O–H groups in total. The zero-order valence-corrected chi connectivity index (χ0v) is 12.9. The predicted octanol–water partition coefficient (Wildman–Crippen LogP) is 4.34. The van der Waals surface area contributed by atoms with Gasteiger partial charge in [-0.2, -0.15) is 0 Å². The van der Waals surface area contributed by atoms with Crippen LogP contribution in [0.15, 0.2) is 65.1 Å². The highest BCUT2D eigenvalue weighted by Gasteiger charge is 2.14. The summed E-state index contributed by atoms with van der Waals surface area (Å²) in [6.45, 7) is -0.0822. The molecule has 0 atom stereocenters. The van der Waals surface area contributed by atoms with Crippen LogP contribution in [0.5, 0.6) is 0 Å². The molecule has 4 nitrogen and oxygen atoms in total. The average molecular weight is 328 g/mol. The number of amides is 1. The van der Waals surface area contributed by atoms with Crippen molar-refractivity contribution < 1.29 is 14.3 Å². The average Bonchev–Trinajstić information content (AvgIpc) is 3.05. The Morgan fingerprint density at radius 2 is 1.91 bits per heavy atom. The van der Waals surface area contributed by atoms with Crippen LogP contribution in [0.2, 0.25) is 5.02 Å². The minimum atomic E-state index is -0.363. The summed E-state index contributed by atoms with van der Waals surface area (Å²) in [5.41, 5.74) is 2.05. The van der Waals surface area contributed by atoms with E-state index in [1.807, 2.05) is 18.2 Å². The van der Waals surface area contributed by atoms with Crippen LogP contribution >= 0.6 is 11.6 Å². The summed E-state index contributed by atoms with van der Waals surface area (Å²) >= 11 is 6.13. The second-order valence-electron chi connectivity index (χ2n) is 4.96. The lowest BCUT2D eigenvalue weighted by Crippen LogP contribution is -2.10. The number of anilines is 1. The summed E-state index contributed by atoms with van der Waals surface area (Å²) in [6.07, 6.45) is 0. The van der Waals surface area contributed by atoms with Crippen LogP contribution in [-0.4, -0.2) is 11.0 Å². The lowest BCUT2D eigenvalue weighted by atomic mass is 10.2. The van der Waals surface area contributed by atoms with Crippen LogP contribution in [0.1, 0.15) is 16.1 Å². The summed E-state index contributed by atoms with van der Waals surface area (Å²) in [5.74, 6) is 0.359. The Balaban J connectivity index is 1.80. The molecular weight excluding hydrogens is 314 g/mol. The molecule has 0 spiro atoms. The third kappa shape index (κ3) is 3.44. The van der Waals surface area contributed by atoms with Gasteiger partial charge >= 0.3 is 0 Å². The first-order valence-corrected chi connectivity index (χ1v) is 7.41. The monoisotopic (exact) mass is 327 g/mol. The van der Waals surface area contributed by atoms with E-state index in [4.69, 9.17) is 21.1 Å². The Morgan fingerprint density at radius 1 is 1.09 bits per heavy atom. The van der Waals surface area contributed by atoms with Crippen molar-refractivity contribution >= 4 is 23.2 Å². The minimum absolute atomic E-state index is 0.0822. The first-order chi connectivity index (χ1) is 11.2. The van der Waals surface area contributed by atoms with E-state index < -0.39 is 0 Å². The van der Waals surface area contributed by atoms with Crippen LogP contribution < -0.4 is 5.32 Å². The molecule has 1 amide bonds. The zero-order valence-electron chi connectivity index (χ0n) is 12.1. The lowest BCUT2D eigenvalue weighted by Gasteiger charge is -2.05. The molecule has 0 bridgehead atoms. The van der Waals surface area contributed by atoms with E-state index in [2.05, 4.69) is 5.32 Å². The third-order valence-corrected chi connectivity index (χ3v) is 3.67. The molecule has 3 aromatic rings. The van der Waals surface area contributed by atoms with Gasteiger partial charge in [0.25, 0.3) is 5.91 Å². The molecule has 3 rings (SSSR count). The molecule has 2 aromatic carbocycles. The number of aliphatic hydroxyl groups excluding tert-OH is 1. The van der Waals surface area contributed by atoms with Crippen molar-refractivity contribution in [3.63, 3.8) is 0 Å². The first-order valence-electron chi connectivity index (χ1n) is 7.03. The van der Waals surface area contributed by atoms with Gasteiger partial charge in [0.05, 0.1) is 11.6 Å². The third-order valence-electron chi connectivity index (χ3n) is 3.34. The van der Waals surface area contributed by atoms with E-state index in [0.29, 0.717) is 16.5 Å². The fraction of sp³-hybridized carbons (Fsp3) is 0.0556. The number of carbonyl (C=O) groups is 1. The molecule has 0 saturated heterocycles. The quantitative estimate of drug-likeness (QED) is 0.749. The molecule has 5 heteroatoms. The second-order valence-corrected chi connectivity index (χ2v) is 5.36. The number of carbonyl (C=O) groups excluding carboxylic acids is 1. The lowest BCUT2D eigenvalue weighted by molar-refractivity contribution is 0.0997. The van der Waals surface area contributed by atoms with Gasteiger partial charge in [-0.3, -0.25) is 4.79 Å². The number of hydrogen-bond acceptors (Lipinski definition) is 3. The highest BCUT2D eigenvalue weighted by atomic mass is 35.5. The van der Waals surface area contributed by atoms with E-state index in [0.717, 1.165) is 11.1 Å². The van der Waals surface area contributed by atoms with E-state index in [1.165, 1.54) is 0 Å². The summed E-state index contributed by atoms with van der Waals surface area (Å²) in [7, 11) is 0. The molecule has 23 heavy (non-hydrogen) atoms. The largest absolute Gasteiger partial charge is 0.451 e. The topological polar surface area (TPSA) is 62.5 Å². The van der Waals surface area contributed by atoms with Crippen LogP contribution in [0, 0.1) is 0 Å². The van der Waals surface area contributed by atoms with Gasteiger partial charge in [-0.25, -0.2) is 0 Å². The number of rotatable bonds is 4. The van der Waals surface area contributed by atoms with Crippen molar-refractivity contribution in [1.82, 2.24) is 0 Å². The van der Waals surface area contributed by atoms with E-state index in [9.17, 15) is 4.79 Å². The van der Waals surface area contributed by atoms with Gasteiger partial charge in [0.2, 0.25) is 0 Å². The second kappa shape index (κ2) is 6.69. The van der Waals surface area contributed by atoms with Gasteiger partial charge in [0.1, 0.15) is 5.76 Å². The Labute approximate surface area is 138 Å². The molecule has 116 valence electrons. The maximum Gasteiger partial charge on any atom is 0.291 e. The molecule has 0 radical (unpaired) electrons. The summed E-state index contributed by atoms with van der Waals surface area (Å²) in [4.78, 5) is 12.2. The van der Waals surface area contributed by atoms with Crippen molar-refractivity contribution in [2.75, 3.05) is 5.32 Å². The van der Waals surface area contributed by atoms with E-state index in [-0.39, 0.29) is 18.3 Å². The van der Waals surface area contributed by atoms with Gasteiger partial charge in [0.15, 0.2) is 5.76 Å². The molecule has 0 saturated carbocycles. The van der Waals surface area contributed by atoms with Crippen LogP contribution in [-0.2, 0) is 6.61 Å². The van der Waals surface area contributed by atoms with E-state index >= 15 is 0 Å². The molecule has 0 aliphatic rings. The highest BCUT2D eigenvalue weighted by Crippen LogP contribution is 2.29. The Morgan fingerprint density at radius 3 is 2.70 bits per heavy atom. The zero-order chi connectivity index (χ0) is 16.2. The summed E-state index contributed by atoms with van der Waals surface area (Å²) in [6, 6.07) is 17.6. The fourth-order valence-electron chi connectivity index (χ4n) is 2.21. The number of nitrogens with one attached hydrogen (secondary N) is 1. The van der Waals surface area contributed by atoms with Crippen molar-refractivity contribution in [3.8, 4) is 11.3 Å². The molecule has 1 aromatic heterocycles. The van der Waals surface area contributed by atoms with Crippen LogP contribution in [0.4, 0.5) is 5.69 Å². The summed E-state index contributed by atoms with van der Waals surface area (Å²) < 4.78 is 5.60. The molecule has 0 unspecified atom stereocenters. The summed E-state index contributed by atoms with van der Waals surface area (Å²) in [5, 5.41) is 12.4. The molecule has 1 heterocycles. The van der Waals surface area contributed by atoms with Crippen molar-refractivity contribution in [3.05, 3.63) is 77.0 Å². The van der Waals surface area contributed by atoms with Crippen LogP contribution in [0.3, 0.4) is 0 Å². The SMILES string of the molecule is O=C(Nc1cccc(CO)c1)c1ccc(-c2ccccc2Cl)o1. The van der Waals surface area contributed by atoms with Gasteiger partial charge in [-0.1, -0.05) is 35.9 Å². The van der Waals surface area contributed by atoms with Crippen molar-refractivity contribution in [2.24, 2.45) is 0 Å². The Bertz CT molecular complexity index is 842. The van der Waals surface area contributed by atoms with Gasteiger partial charge < -0.3 is 14.8 Å². The van der Waals surface area contributed by atoms with Crippen molar-refractivity contribution in [2.45, 2.75) is 6.61 Å². The standard InChI is InChI=1S/C18H14ClNO3/c19-15-7-2-1-6-14(15)16-8-9-17(23-16)18(22)20-13-5-3-4-12(10-13)11-21/h1-10,21H,11H2,(H,20,22). The number of furan rings is 1. The Hall–Kier alpha value is -2.56. The smallest absolute Gasteiger partial charge is 0.291 e. The molecule has 0 aliphatic heterocycles. The molecule has 0 aliphatic carbocycles. The van der Waals surface area contributed by atoms with Gasteiger partial charge in [0, 0.05) is 11.3 Å². The Kier molecular flexibility index (Phi) is 4.46. The van der Waals surface area contributed by atoms with Crippen molar-refractivity contribution in [1.29, 1.82) is 0 Å². The normalized spacial score (nSPS) is 10.5. The number of hydrogen-bond donors (Lipinski definition) is 2. The van der Waals surface area contributed by atoms with Gasteiger partial charge in [-0.15, -0.1) is 0 Å². The maximum absolute atomic E-state index is 12.2. The maximum atomic E-state index is 12.2.